The summed E-state index contributed by atoms with van der Waals surface area (Å²) < 4.78 is 4.85. The van der Waals surface area contributed by atoms with Gasteiger partial charge < -0.3 is 0 Å². The fourth-order valence-corrected chi connectivity index (χ4v) is 0.973. The summed E-state index contributed by atoms with van der Waals surface area (Å²) in [4.78, 5) is 0. The van der Waals surface area contributed by atoms with Crippen LogP contribution in [0.5, 0.6) is 0 Å². The first-order valence-electron chi connectivity index (χ1n) is 1.84. The molecule has 0 saturated heterocycles. The zero-order valence-electron chi connectivity index (χ0n) is 3.87. The van der Waals surface area contributed by atoms with Crippen LogP contribution in [-0.2, 0) is 0 Å². The Labute approximate surface area is 50.6 Å². The first-order chi connectivity index (χ1) is 3.30. The summed E-state index contributed by atoms with van der Waals surface area (Å²) >= 11 is 3.75. The van der Waals surface area contributed by atoms with Crippen molar-refractivity contribution in [1.29, 1.82) is 0 Å². The Morgan fingerprint density at radius 1 is 1.86 bits per heavy atom. The summed E-state index contributed by atoms with van der Waals surface area (Å²) in [5.74, 6) is 0. The van der Waals surface area contributed by atoms with E-state index in [4.69, 9.17) is 0 Å². The minimum absolute atomic E-state index is 0.343. The first kappa shape index (κ1) is 5.18. The number of hydrogen-bond acceptors (Lipinski definition) is 3. The summed E-state index contributed by atoms with van der Waals surface area (Å²) in [5, 5.41) is 3.66. The van der Waals surface area contributed by atoms with Gasteiger partial charge in [-0.15, -0.1) is 28.2 Å². The van der Waals surface area contributed by atoms with Crippen LogP contribution < -0.4 is 0 Å². The van der Waals surface area contributed by atoms with Crippen LogP contribution in [0, 0.1) is 0 Å². The van der Waals surface area contributed by atoms with Gasteiger partial charge in [0, 0.05) is 0 Å². The fourth-order valence-electron chi connectivity index (χ4n) is 0.284. The van der Waals surface area contributed by atoms with Crippen molar-refractivity contribution in [3.8, 4) is 0 Å². The Hall–Kier alpha value is 0.0400. The molecular formula is C3H6N2S2. The molecule has 2 nitrogen and oxygen atoms in total. The third-order valence-corrected chi connectivity index (χ3v) is 2.82. The maximum Gasteiger partial charge on any atom is 0.0698 e. The zero-order valence-corrected chi connectivity index (χ0v) is 5.66. The highest BCUT2D eigenvalue weighted by molar-refractivity contribution is 8.27. The smallest absolute Gasteiger partial charge is 0.0698 e. The molecule has 1 aliphatic rings. The third-order valence-electron chi connectivity index (χ3n) is 0.691. The molecule has 0 radical (unpaired) electrons. The van der Waals surface area contributed by atoms with Gasteiger partial charge in [-0.25, -0.2) is 0 Å². The number of nitrogens with zero attached hydrogens (tertiary/aromatic N) is 2. The van der Waals surface area contributed by atoms with E-state index < -0.39 is 0 Å². The van der Waals surface area contributed by atoms with Crippen LogP contribution in [-0.4, -0.2) is 6.26 Å². The fraction of sp³-hybridized carbons (Fsp3) is 0.333. The molecule has 0 aromatic carbocycles. The average molecular weight is 134 g/mol. The highest BCUT2D eigenvalue weighted by Crippen LogP contribution is 2.39. The van der Waals surface area contributed by atoms with Gasteiger partial charge in [0.05, 0.1) is 10.4 Å². The number of hydrogen-bond donors (Lipinski definition) is 2. The molecule has 1 atom stereocenters. The van der Waals surface area contributed by atoms with E-state index in [1.165, 1.54) is 0 Å². The van der Waals surface area contributed by atoms with E-state index in [2.05, 4.69) is 22.3 Å². The van der Waals surface area contributed by atoms with Gasteiger partial charge in [-0.1, -0.05) is 0 Å². The van der Waals surface area contributed by atoms with Gasteiger partial charge in [0.2, 0.25) is 0 Å². The van der Waals surface area contributed by atoms with Gasteiger partial charge in [-0.3, -0.25) is 0 Å². The van der Waals surface area contributed by atoms with E-state index >= 15 is 0 Å². The molecule has 1 rings (SSSR count). The van der Waals surface area contributed by atoms with E-state index in [1.807, 2.05) is 6.26 Å². The molecule has 0 N–H and O–H groups in total. The van der Waals surface area contributed by atoms with Crippen LogP contribution in [0.2, 0.25) is 0 Å². The average Bonchev–Trinajstić information content (AvgIpc) is 1.91. The van der Waals surface area contributed by atoms with Gasteiger partial charge in [0.25, 0.3) is 0 Å². The lowest BCUT2D eigenvalue weighted by Crippen LogP contribution is -1.60. The Morgan fingerprint density at radius 2 is 2.57 bits per heavy atom. The molecule has 1 unspecified atom stereocenters. The van der Waals surface area contributed by atoms with E-state index in [0.29, 0.717) is 0 Å². The normalized spacial score (nSPS) is 33.4. The lowest BCUT2D eigenvalue weighted by atomic mass is 11.1. The SMILES string of the molecule is C[SH]1N=NC=C1S. The van der Waals surface area contributed by atoms with Crippen molar-refractivity contribution in [2.75, 3.05) is 6.26 Å². The molecule has 0 bridgehead atoms. The van der Waals surface area contributed by atoms with Crippen LogP contribution >= 0.6 is 23.7 Å². The summed E-state index contributed by atoms with van der Waals surface area (Å²) in [7, 11) is 0. The monoisotopic (exact) mass is 134 g/mol. The molecule has 40 valence electrons. The topological polar surface area (TPSA) is 24.7 Å². The van der Waals surface area contributed by atoms with Crippen LogP contribution in [0.25, 0.3) is 0 Å². The lowest BCUT2D eigenvalue weighted by molar-refractivity contribution is 1.37. The van der Waals surface area contributed by atoms with Crippen molar-refractivity contribution in [1.82, 2.24) is 0 Å². The third kappa shape index (κ3) is 0.978. The minimum Gasteiger partial charge on any atom is -0.152 e. The van der Waals surface area contributed by atoms with Crippen molar-refractivity contribution in [2.24, 2.45) is 9.63 Å². The maximum atomic E-state index is 4.09. The molecule has 1 aliphatic heterocycles. The predicted octanol–water partition coefficient (Wildman–Crippen LogP) is 1.73. The van der Waals surface area contributed by atoms with Crippen molar-refractivity contribution >= 4 is 23.7 Å². The van der Waals surface area contributed by atoms with Gasteiger partial charge in [-0.05, 0) is 6.26 Å². The van der Waals surface area contributed by atoms with Crippen LogP contribution in [0.4, 0.5) is 0 Å². The molecule has 0 aromatic heterocycles. The molecular weight excluding hydrogens is 128 g/mol. The molecule has 1 heterocycles. The van der Waals surface area contributed by atoms with Crippen LogP contribution in [0.15, 0.2) is 20.1 Å². The molecule has 0 amide bonds. The zero-order chi connectivity index (χ0) is 5.28. The van der Waals surface area contributed by atoms with E-state index in [-0.39, 0.29) is 11.1 Å². The molecule has 0 aliphatic carbocycles. The second kappa shape index (κ2) is 1.88. The van der Waals surface area contributed by atoms with Crippen LogP contribution in [0.1, 0.15) is 0 Å². The van der Waals surface area contributed by atoms with E-state index in [1.54, 1.807) is 6.20 Å². The second-order valence-corrected chi connectivity index (χ2v) is 3.76. The highest BCUT2D eigenvalue weighted by atomic mass is 32.2. The first-order valence-corrected chi connectivity index (χ1v) is 4.03. The van der Waals surface area contributed by atoms with E-state index in [9.17, 15) is 0 Å². The molecule has 4 heteroatoms. The van der Waals surface area contributed by atoms with Gasteiger partial charge in [-0.2, -0.15) is 5.11 Å². The van der Waals surface area contributed by atoms with Crippen molar-refractivity contribution in [3.05, 3.63) is 10.4 Å². The van der Waals surface area contributed by atoms with E-state index in [0.717, 1.165) is 4.24 Å². The van der Waals surface area contributed by atoms with Gasteiger partial charge >= 0.3 is 0 Å². The Kier molecular flexibility index (Phi) is 1.39. The predicted molar refractivity (Wildman–Crippen MR) is 36.8 cm³/mol. The Morgan fingerprint density at radius 3 is 2.71 bits per heavy atom. The highest BCUT2D eigenvalue weighted by Gasteiger charge is 2.00. The van der Waals surface area contributed by atoms with Gasteiger partial charge in [0.15, 0.2) is 0 Å². The largest absolute Gasteiger partial charge is 0.152 e. The van der Waals surface area contributed by atoms with Crippen molar-refractivity contribution in [3.63, 3.8) is 0 Å². The number of rotatable bonds is 0. The molecule has 0 saturated carbocycles. The second-order valence-electron chi connectivity index (χ2n) is 1.22. The molecule has 0 aromatic rings. The lowest BCUT2D eigenvalue weighted by Gasteiger charge is -1.97. The Balaban J connectivity index is 2.69. The molecule has 0 fully saturated rings. The summed E-state index contributed by atoms with van der Waals surface area (Å²) in [6, 6.07) is 0. The summed E-state index contributed by atoms with van der Waals surface area (Å²) in [6.07, 6.45) is 3.71. The van der Waals surface area contributed by atoms with Crippen molar-refractivity contribution in [2.45, 2.75) is 0 Å². The number of thiol groups is 2. The quantitative estimate of drug-likeness (QED) is 0.472. The van der Waals surface area contributed by atoms with Gasteiger partial charge in [0.1, 0.15) is 0 Å². The minimum atomic E-state index is -0.343. The maximum absolute atomic E-state index is 4.09. The Bertz CT molecular complexity index is 129. The summed E-state index contributed by atoms with van der Waals surface area (Å²) in [6.45, 7) is 0. The summed E-state index contributed by atoms with van der Waals surface area (Å²) in [5.41, 5.74) is 0. The molecule has 7 heavy (non-hydrogen) atoms. The van der Waals surface area contributed by atoms with Crippen LogP contribution in [0.3, 0.4) is 0 Å². The standard InChI is InChI=1S/C3H6N2S2/c1-7-3(6)2-4-5-7/h2,6-7H,1H3. The van der Waals surface area contributed by atoms with Crippen molar-refractivity contribution < 1.29 is 0 Å². The molecule has 0 spiro atoms.